The SMILES string of the molecule is Cc1ccc(NC(=O)NC(=O)CNC(CCCO)c2ccccc2)c(C)c1. The van der Waals surface area contributed by atoms with Crippen LogP contribution in [0.15, 0.2) is 48.5 Å². The Kier molecular flexibility index (Phi) is 7.98. The Morgan fingerprint density at radius 1 is 1.07 bits per heavy atom. The monoisotopic (exact) mass is 369 g/mol. The van der Waals surface area contributed by atoms with Gasteiger partial charge in [-0.3, -0.25) is 10.1 Å². The van der Waals surface area contributed by atoms with E-state index >= 15 is 0 Å². The van der Waals surface area contributed by atoms with E-state index in [9.17, 15) is 9.59 Å². The molecule has 1 atom stereocenters. The van der Waals surface area contributed by atoms with E-state index in [1.807, 2.05) is 62.4 Å². The van der Waals surface area contributed by atoms with Gasteiger partial charge in [-0.25, -0.2) is 4.79 Å². The third kappa shape index (κ3) is 6.84. The molecule has 2 aromatic rings. The van der Waals surface area contributed by atoms with E-state index in [1.54, 1.807) is 0 Å². The molecule has 6 heteroatoms. The molecule has 0 aliphatic rings. The highest BCUT2D eigenvalue weighted by molar-refractivity contribution is 6.02. The molecule has 0 saturated carbocycles. The molecule has 0 spiro atoms. The van der Waals surface area contributed by atoms with Crippen molar-refractivity contribution in [2.45, 2.75) is 32.7 Å². The molecule has 0 heterocycles. The van der Waals surface area contributed by atoms with Crippen LogP contribution in [0.3, 0.4) is 0 Å². The van der Waals surface area contributed by atoms with Gasteiger partial charge in [-0.2, -0.15) is 0 Å². The largest absolute Gasteiger partial charge is 0.396 e. The van der Waals surface area contributed by atoms with E-state index in [1.165, 1.54) is 0 Å². The quantitative estimate of drug-likeness (QED) is 0.576. The lowest BCUT2D eigenvalue weighted by Gasteiger charge is -2.18. The summed E-state index contributed by atoms with van der Waals surface area (Å²) in [6.45, 7) is 3.98. The Balaban J connectivity index is 1.86. The molecule has 0 aliphatic carbocycles. The molecule has 0 aromatic heterocycles. The lowest BCUT2D eigenvalue weighted by Crippen LogP contribution is -2.41. The number of hydrogen-bond donors (Lipinski definition) is 4. The molecule has 0 bridgehead atoms. The summed E-state index contributed by atoms with van der Waals surface area (Å²) in [6, 6.07) is 14.8. The van der Waals surface area contributed by atoms with Gasteiger partial charge in [0.15, 0.2) is 0 Å². The molecule has 3 amide bonds. The van der Waals surface area contributed by atoms with E-state index < -0.39 is 11.9 Å². The van der Waals surface area contributed by atoms with Crippen molar-refractivity contribution in [1.29, 1.82) is 0 Å². The number of aryl methyl sites for hydroxylation is 2. The molecule has 0 radical (unpaired) electrons. The number of amides is 3. The minimum atomic E-state index is -0.555. The Labute approximate surface area is 160 Å². The summed E-state index contributed by atoms with van der Waals surface area (Å²) in [7, 11) is 0. The number of aliphatic hydroxyl groups is 1. The summed E-state index contributed by atoms with van der Waals surface area (Å²) < 4.78 is 0. The van der Waals surface area contributed by atoms with Gasteiger partial charge in [-0.15, -0.1) is 0 Å². The van der Waals surface area contributed by atoms with Crippen molar-refractivity contribution in [2.24, 2.45) is 0 Å². The molecule has 2 aromatic carbocycles. The second-order valence-corrected chi connectivity index (χ2v) is 6.53. The highest BCUT2D eigenvalue weighted by atomic mass is 16.3. The van der Waals surface area contributed by atoms with Crippen LogP contribution >= 0.6 is 0 Å². The first-order chi connectivity index (χ1) is 13.0. The van der Waals surface area contributed by atoms with Crippen molar-refractivity contribution in [1.82, 2.24) is 10.6 Å². The Morgan fingerprint density at radius 2 is 1.81 bits per heavy atom. The molecular formula is C21H27N3O3. The summed E-state index contributed by atoms with van der Waals surface area (Å²) >= 11 is 0. The number of hydrogen-bond acceptors (Lipinski definition) is 4. The maximum atomic E-state index is 12.1. The third-order valence-corrected chi connectivity index (χ3v) is 4.24. The molecule has 0 aliphatic heterocycles. The zero-order chi connectivity index (χ0) is 19.6. The van der Waals surface area contributed by atoms with E-state index in [-0.39, 0.29) is 19.2 Å². The number of nitrogens with one attached hydrogen (secondary N) is 3. The van der Waals surface area contributed by atoms with Gasteiger partial charge < -0.3 is 15.7 Å². The maximum Gasteiger partial charge on any atom is 0.325 e. The molecule has 0 fully saturated rings. The topological polar surface area (TPSA) is 90.5 Å². The van der Waals surface area contributed by atoms with Crippen LogP contribution in [-0.4, -0.2) is 30.2 Å². The molecule has 4 N–H and O–H groups in total. The number of carbonyl (C=O) groups excluding carboxylic acids is 2. The molecule has 144 valence electrons. The van der Waals surface area contributed by atoms with Crippen LogP contribution in [0.25, 0.3) is 0 Å². The first kappa shape index (κ1) is 20.6. The Morgan fingerprint density at radius 3 is 2.48 bits per heavy atom. The fourth-order valence-corrected chi connectivity index (χ4v) is 2.86. The van der Waals surface area contributed by atoms with Crippen LogP contribution < -0.4 is 16.0 Å². The fraction of sp³-hybridized carbons (Fsp3) is 0.333. The van der Waals surface area contributed by atoms with Crippen molar-refractivity contribution in [3.05, 3.63) is 65.2 Å². The highest BCUT2D eigenvalue weighted by Gasteiger charge is 2.14. The van der Waals surface area contributed by atoms with Crippen LogP contribution in [-0.2, 0) is 4.79 Å². The number of rotatable bonds is 8. The van der Waals surface area contributed by atoms with Crippen molar-refractivity contribution >= 4 is 17.6 Å². The molecule has 6 nitrogen and oxygen atoms in total. The van der Waals surface area contributed by atoms with Crippen molar-refractivity contribution < 1.29 is 14.7 Å². The van der Waals surface area contributed by atoms with Gasteiger partial charge in [0.2, 0.25) is 5.91 Å². The summed E-state index contributed by atoms with van der Waals surface area (Å²) in [5.41, 5.74) is 3.75. The first-order valence-corrected chi connectivity index (χ1v) is 9.07. The predicted octanol–water partition coefficient (Wildman–Crippen LogP) is 3.05. The zero-order valence-corrected chi connectivity index (χ0v) is 15.8. The summed E-state index contributed by atoms with van der Waals surface area (Å²) in [5, 5.41) is 17.3. The number of aliphatic hydroxyl groups excluding tert-OH is 1. The van der Waals surface area contributed by atoms with Crippen LogP contribution in [0.2, 0.25) is 0 Å². The molecular weight excluding hydrogens is 342 g/mol. The van der Waals surface area contributed by atoms with Crippen molar-refractivity contribution in [2.75, 3.05) is 18.5 Å². The van der Waals surface area contributed by atoms with Crippen molar-refractivity contribution in [3.63, 3.8) is 0 Å². The molecule has 0 saturated heterocycles. The Bertz CT molecular complexity index is 763. The van der Waals surface area contributed by atoms with E-state index in [0.717, 1.165) is 16.7 Å². The second-order valence-electron chi connectivity index (χ2n) is 6.53. The molecule has 2 rings (SSSR count). The summed E-state index contributed by atoms with van der Waals surface area (Å²) in [5.74, 6) is -0.415. The first-order valence-electron chi connectivity index (χ1n) is 9.07. The average molecular weight is 369 g/mol. The number of anilines is 1. The third-order valence-electron chi connectivity index (χ3n) is 4.24. The van der Waals surface area contributed by atoms with Crippen LogP contribution in [0.4, 0.5) is 10.5 Å². The molecule has 1 unspecified atom stereocenters. The average Bonchev–Trinajstić information content (AvgIpc) is 2.65. The number of benzene rings is 2. The van der Waals surface area contributed by atoms with Gasteiger partial charge in [-0.1, -0.05) is 48.0 Å². The van der Waals surface area contributed by atoms with E-state index in [4.69, 9.17) is 5.11 Å². The standard InChI is InChI=1S/C21H27N3O3/c1-15-10-11-18(16(2)13-15)23-21(27)24-20(26)14-22-19(9-6-12-25)17-7-4-3-5-8-17/h3-5,7-8,10-11,13,19,22,25H,6,9,12,14H2,1-2H3,(H2,23,24,26,27). The van der Waals surface area contributed by atoms with E-state index in [0.29, 0.717) is 18.5 Å². The fourth-order valence-electron chi connectivity index (χ4n) is 2.86. The summed E-state index contributed by atoms with van der Waals surface area (Å²) in [4.78, 5) is 24.2. The number of imide groups is 1. The normalized spacial score (nSPS) is 11.7. The van der Waals surface area contributed by atoms with Crippen LogP contribution in [0.1, 0.15) is 35.6 Å². The Hall–Kier alpha value is -2.70. The lowest BCUT2D eigenvalue weighted by atomic mass is 10.0. The van der Waals surface area contributed by atoms with Crippen molar-refractivity contribution in [3.8, 4) is 0 Å². The summed E-state index contributed by atoms with van der Waals surface area (Å²) in [6.07, 6.45) is 1.32. The minimum absolute atomic E-state index is 0.00525. The van der Waals surface area contributed by atoms with Gasteiger partial charge in [0.05, 0.1) is 6.54 Å². The predicted molar refractivity (Wildman–Crippen MR) is 107 cm³/mol. The van der Waals surface area contributed by atoms with Gasteiger partial charge in [-0.05, 0) is 43.9 Å². The highest BCUT2D eigenvalue weighted by Crippen LogP contribution is 2.18. The van der Waals surface area contributed by atoms with Crippen LogP contribution in [0, 0.1) is 13.8 Å². The minimum Gasteiger partial charge on any atom is -0.396 e. The van der Waals surface area contributed by atoms with E-state index in [2.05, 4.69) is 16.0 Å². The van der Waals surface area contributed by atoms with Crippen LogP contribution in [0.5, 0.6) is 0 Å². The number of carbonyl (C=O) groups is 2. The number of urea groups is 1. The smallest absolute Gasteiger partial charge is 0.325 e. The van der Waals surface area contributed by atoms with Gasteiger partial charge in [0.1, 0.15) is 0 Å². The maximum absolute atomic E-state index is 12.1. The lowest BCUT2D eigenvalue weighted by molar-refractivity contribution is -0.119. The van der Waals surface area contributed by atoms with Gasteiger partial charge in [0.25, 0.3) is 0 Å². The molecule has 27 heavy (non-hydrogen) atoms. The second kappa shape index (κ2) is 10.4. The van der Waals surface area contributed by atoms with Gasteiger partial charge in [0, 0.05) is 18.3 Å². The van der Waals surface area contributed by atoms with Gasteiger partial charge >= 0.3 is 6.03 Å². The zero-order valence-electron chi connectivity index (χ0n) is 15.8.